The highest BCUT2D eigenvalue weighted by atomic mass is 32.1. The molecular formula is C22H25N3O2S. The van der Waals surface area contributed by atoms with E-state index in [1.807, 2.05) is 42.2 Å². The minimum absolute atomic E-state index is 0.000819. The molecule has 3 heterocycles. The first-order chi connectivity index (χ1) is 13.5. The van der Waals surface area contributed by atoms with Crippen LogP contribution in [0.4, 0.5) is 0 Å². The molecule has 1 aliphatic rings. The number of thiophene rings is 1. The molecule has 1 saturated heterocycles. The average molecular weight is 396 g/mol. The lowest BCUT2D eigenvalue weighted by atomic mass is 9.97. The van der Waals surface area contributed by atoms with Crippen LogP contribution in [-0.4, -0.2) is 32.4 Å². The zero-order valence-corrected chi connectivity index (χ0v) is 17.3. The van der Waals surface area contributed by atoms with Crippen molar-refractivity contribution in [3.63, 3.8) is 0 Å². The number of piperidine rings is 1. The third-order valence-electron chi connectivity index (χ3n) is 5.74. The van der Waals surface area contributed by atoms with Crippen molar-refractivity contribution in [1.82, 2.24) is 14.5 Å². The Kier molecular flexibility index (Phi) is 5.06. The zero-order chi connectivity index (χ0) is 19.8. The molecule has 146 valence electrons. The molecule has 4 rings (SSSR count). The molecule has 6 heteroatoms. The second-order valence-corrected chi connectivity index (χ2v) is 8.71. The molecule has 0 spiro atoms. The van der Waals surface area contributed by atoms with Gasteiger partial charge in [-0.2, -0.15) is 0 Å². The van der Waals surface area contributed by atoms with E-state index in [4.69, 9.17) is 0 Å². The van der Waals surface area contributed by atoms with Crippen molar-refractivity contribution in [2.75, 3.05) is 0 Å². The Labute approximate surface area is 168 Å². The highest BCUT2D eigenvalue weighted by Crippen LogP contribution is 2.35. The molecule has 1 amide bonds. The molecule has 1 aliphatic heterocycles. The standard InChI is InChI=1S/C22H25N3O2S/c1-14-8-7-9-15(2)25(14)18(26)12-24-13-23-21-19(22(24)27)16(3)20(28-21)17-10-5-4-6-11-17/h4-6,10-11,13-15H,7-9,12H2,1-3H3/t14-,15-/m1/s1. The third kappa shape index (κ3) is 3.26. The molecule has 5 nitrogen and oxygen atoms in total. The molecule has 0 bridgehead atoms. The van der Waals surface area contributed by atoms with Crippen molar-refractivity contribution >= 4 is 27.5 Å². The van der Waals surface area contributed by atoms with E-state index in [0.717, 1.165) is 40.1 Å². The molecule has 2 atom stereocenters. The molecule has 28 heavy (non-hydrogen) atoms. The quantitative estimate of drug-likeness (QED) is 0.667. The Morgan fingerprint density at radius 3 is 2.54 bits per heavy atom. The van der Waals surface area contributed by atoms with Gasteiger partial charge >= 0.3 is 0 Å². The largest absolute Gasteiger partial charge is 0.336 e. The Bertz CT molecular complexity index is 1060. The summed E-state index contributed by atoms with van der Waals surface area (Å²) in [5, 5.41) is 0.624. The minimum Gasteiger partial charge on any atom is -0.336 e. The van der Waals surface area contributed by atoms with Gasteiger partial charge in [-0.1, -0.05) is 30.3 Å². The number of carbonyl (C=O) groups is 1. The fraction of sp³-hybridized carbons (Fsp3) is 0.409. The first-order valence-electron chi connectivity index (χ1n) is 9.82. The van der Waals surface area contributed by atoms with Gasteiger partial charge < -0.3 is 4.90 Å². The first kappa shape index (κ1) is 18.9. The number of hydrogen-bond donors (Lipinski definition) is 0. The summed E-state index contributed by atoms with van der Waals surface area (Å²) in [6.07, 6.45) is 4.71. The van der Waals surface area contributed by atoms with Crippen molar-refractivity contribution in [1.29, 1.82) is 0 Å². The molecule has 1 fully saturated rings. The number of fused-ring (bicyclic) bond motifs is 1. The summed E-state index contributed by atoms with van der Waals surface area (Å²) in [5.41, 5.74) is 1.89. The summed E-state index contributed by atoms with van der Waals surface area (Å²) in [4.78, 5) is 34.3. The van der Waals surface area contributed by atoms with Crippen molar-refractivity contribution in [2.45, 2.75) is 58.7 Å². The highest BCUT2D eigenvalue weighted by Gasteiger charge is 2.29. The van der Waals surface area contributed by atoms with Gasteiger partial charge in [0.15, 0.2) is 0 Å². The minimum atomic E-state index is -0.133. The van der Waals surface area contributed by atoms with Crippen LogP contribution in [-0.2, 0) is 11.3 Å². The number of amides is 1. The van der Waals surface area contributed by atoms with Gasteiger partial charge in [-0.05, 0) is 51.2 Å². The molecule has 0 N–H and O–H groups in total. The van der Waals surface area contributed by atoms with Gasteiger partial charge in [0, 0.05) is 17.0 Å². The van der Waals surface area contributed by atoms with E-state index in [1.54, 1.807) is 0 Å². The van der Waals surface area contributed by atoms with Gasteiger partial charge in [-0.25, -0.2) is 4.98 Å². The summed E-state index contributed by atoms with van der Waals surface area (Å²) < 4.78 is 1.47. The predicted molar refractivity (Wildman–Crippen MR) is 114 cm³/mol. The molecule has 3 aromatic rings. The summed E-state index contributed by atoms with van der Waals surface area (Å²) >= 11 is 1.53. The number of aromatic nitrogens is 2. The van der Waals surface area contributed by atoms with Crippen LogP contribution in [0.1, 0.15) is 38.7 Å². The van der Waals surface area contributed by atoms with Crippen LogP contribution in [0.2, 0.25) is 0 Å². The number of nitrogens with zero attached hydrogens (tertiary/aromatic N) is 3. The predicted octanol–water partition coefficient (Wildman–Crippen LogP) is 4.22. The summed E-state index contributed by atoms with van der Waals surface area (Å²) in [7, 11) is 0. The average Bonchev–Trinajstić information content (AvgIpc) is 3.02. The number of likely N-dealkylation sites (tertiary alicyclic amines) is 1. The summed E-state index contributed by atoms with van der Waals surface area (Å²) in [6.45, 7) is 6.19. The van der Waals surface area contributed by atoms with Gasteiger partial charge in [0.2, 0.25) is 5.91 Å². The Morgan fingerprint density at radius 2 is 1.86 bits per heavy atom. The summed E-state index contributed by atoms with van der Waals surface area (Å²) in [5.74, 6) is -0.000819. The van der Waals surface area contributed by atoms with E-state index in [2.05, 4.69) is 18.8 Å². The normalized spacial score (nSPS) is 19.9. The number of rotatable bonds is 3. The maximum atomic E-state index is 13.1. The number of benzene rings is 1. The fourth-order valence-corrected chi connectivity index (χ4v) is 5.42. The van der Waals surface area contributed by atoms with Gasteiger partial charge in [-0.3, -0.25) is 14.2 Å². The Balaban J connectivity index is 1.69. The first-order valence-corrected chi connectivity index (χ1v) is 10.6. The second kappa shape index (κ2) is 7.51. The third-order valence-corrected chi connectivity index (χ3v) is 6.99. The monoisotopic (exact) mass is 395 g/mol. The van der Waals surface area contributed by atoms with Crippen LogP contribution in [0.3, 0.4) is 0 Å². The van der Waals surface area contributed by atoms with Crippen LogP contribution in [0, 0.1) is 6.92 Å². The van der Waals surface area contributed by atoms with Crippen LogP contribution in [0.15, 0.2) is 41.5 Å². The molecule has 0 unspecified atom stereocenters. The van der Waals surface area contributed by atoms with Crippen molar-refractivity contribution in [2.24, 2.45) is 0 Å². The van der Waals surface area contributed by atoms with E-state index in [0.29, 0.717) is 5.39 Å². The van der Waals surface area contributed by atoms with Gasteiger partial charge in [0.05, 0.1) is 11.7 Å². The van der Waals surface area contributed by atoms with E-state index in [-0.39, 0.29) is 30.1 Å². The van der Waals surface area contributed by atoms with E-state index in [1.165, 1.54) is 22.2 Å². The maximum Gasteiger partial charge on any atom is 0.262 e. The van der Waals surface area contributed by atoms with Gasteiger partial charge in [0.1, 0.15) is 11.4 Å². The van der Waals surface area contributed by atoms with Gasteiger partial charge in [0.25, 0.3) is 5.56 Å². The SMILES string of the molecule is Cc1c(-c2ccccc2)sc2ncn(CC(=O)N3[C@H](C)CCC[C@H]3C)c(=O)c12. The van der Waals surface area contributed by atoms with Crippen LogP contribution in [0.25, 0.3) is 20.7 Å². The van der Waals surface area contributed by atoms with Crippen LogP contribution >= 0.6 is 11.3 Å². The lowest BCUT2D eigenvalue weighted by Crippen LogP contribution is -2.49. The van der Waals surface area contributed by atoms with Gasteiger partial charge in [-0.15, -0.1) is 11.3 Å². The molecule has 1 aromatic carbocycles. The molecule has 0 aliphatic carbocycles. The highest BCUT2D eigenvalue weighted by molar-refractivity contribution is 7.22. The lowest BCUT2D eigenvalue weighted by molar-refractivity contribution is -0.138. The number of hydrogen-bond acceptors (Lipinski definition) is 4. The van der Waals surface area contributed by atoms with Crippen LogP contribution < -0.4 is 5.56 Å². The number of aryl methyl sites for hydroxylation is 1. The molecule has 2 aromatic heterocycles. The second-order valence-electron chi connectivity index (χ2n) is 7.71. The summed E-state index contributed by atoms with van der Waals surface area (Å²) in [6, 6.07) is 10.5. The van der Waals surface area contributed by atoms with E-state index >= 15 is 0 Å². The molecular weight excluding hydrogens is 370 g/mol. The van der Waals surface area contributed by atoms with Crippen molar-refractivity contribution in [3.8, 4) is 10.4 Å². The number of carbonyl (C=O) groups excluding carboxylic acids is 1. The fourth-order valence-electron chi connectivity index (χ4n) is 4.28. The van der Waals surface area contributed by atoms with Crippen molar-refractivity contribution < 1.29 is 4.79 Å². The van der Waals surface area contributed by atoms with E-state index in [9.17, 15) is 9.59 Å². The van der Waals surface area contributed by atoms with Crippen molar-refractivity contribution in [3.05, 3.63) is 52.6 Å². The molecule has 0 saturated carbocycles. The zero-order valence-electron chi connectivity index (χ0n) is 16.5. The maximum absolute atomic E-state index is 13.1. The smallest absolute Gasteiger partial charge is 0.262 e. The van der Waals surface area contributed by atoms with Crippen LogP contribution in [0.5, 0.6) is 0 Å². The topological polar surface area (TPSA) is 55.2 Å². The lowest BCUT2D eigenvalue weighted by Gasteiger charge is -2.39. The van der Waals surface area contributed by atoms with E-state index < -0.39 is 0 Å². The Morgan fingerprint density at radius 1 is 1.18 bits per heavy atom. The Hall–Kier alpha value is -2.47. The molecule has 0 radical (unpaired) electrons.